The SMILES string of the molecule is Cc1nnc(CN=C(NCC(C)(C)N2CCOCC2)NC(C)c2ccccc2)n1C.I. The molecule has 1 aromatic carbocycles. The average Bonchev–Trinajstić information content (AvgIpc) is 3.09. The topological polar surface area (TPSA) is 79.6 Å². The standard InChI is InChI=1S/C22H35N7O.HI/c1-17(19-9-7-6-8-10-19)25-21(23-15-20-27-26-18(2)28(20)5)24-16-22(3,4)29-11-13-30-14-12-29;/h6-10,17H,11-16H2,1-5H3,(H2,23,24,25);1H. The van der Waals surface area contributed by atoms with E-state index in [9.17, 15) is 0 Å². The number of nitrogens with zero attached hydrogens (tertiary/aromatic N) is 5. The Morgan fingerprint density at radius 2 is 1.87 bits per heavy atom. The van der Waals surface area contributed by atoms with E-state index in [0.29, 0.717) is 6.54 Å². The predicted octanol–water partition coefficient (Wildman–Crippen LogP) is 2.65. The zero-order valence-electron chi connectivity index (χ0n) is 19.3. The molecule has 0 spiro atoms. The lowest BCUT2D eigenvalue weighted by Crippen LogP contribution is -2.56. The van der Waals surface area contributed by atoms with E-state index in [1.54, 1.807) is 0 Å². The number of aromatic nitrogens is 3. The largest absolute Gasteiger partial charge is 0.379 e. The van der Waals surface area contributed by atoms with Crippen molar-refractivity contribution in [2.75, 3.05) is 32.8 Å². The normalized spacial score (nSPS) is 16.5. The van der Waals surface area contributed by atoms with Gasteiger partial charge < -0.3 is 19.9 Å². The highest BCUT2D eigenvalue weighted by atomic mass is 127. The lowest BCUT2D eigenvalue weighted by Gasteiger charge is -2.41. The first-order valence-corrected chi connectivity index (χ1v) is 10.6. The number of halogens is 1. The number of aryl methyl sites for hydroxylation is 1. The van der Waals surface area contributed by atoms with Crippen LogP contribution in [0.25, 0.3) is 0 Å². The van der Waals surface area contributed by atoms with Crippen molar-refractivity contribution in [3.8, 4) is 0 Å². The third-order valence-electron chi connectivity index (χ3n) is 5.77. The van der Waals surface area contributed by atoms with Crippen molar-refractivity contribution in [2.45, 2.75) is 45.8 Å². The summed E-state index contributed by atoms with van der Waals surface area (Å²) in [5.74, 6) is 2.50. The molecule has 1 aromatic heterocycles. The first-order chi connectivity index (χ1) is 14.4. The van der Waals surface area contributed by atoms with Gasteiger partial charge in [-0.05, 0) is 33.3 Å². The lowest BCUT2D eigenvalue weighted by atomic mass is 10.0. The Labute approximate surface area is 202 Å². The highest BCUT2D eigenvalue weighted by Crippen LogP contribution is 2.16. The summed E-state index contributed by atoms with van der Waals surface area (Å²) in [5, 5.41) is 15.5. The molecule has 1 fully saturated rings. The number of morpholine rings is 1. The Bertz CT molecular complexity index is 832. The molecule has 1 saturated heterocycles. The van der Waals surface area contributed by atoms with Crippen molar-refractivity contribution in [1.29, 1.82) is 0 Å². The van der Waals surface area contributed by atoms with Crippen LogP contribution in [0.1, 0.15) is 44.0 Å². The number of hydrogen-bond donors (Lipinski definition) is 2. The summed E-state index contributed by atoms with van der Waals surface area (Å²) < 4.78 is 7.48. The van der Waals surface area contributed by atoms with Gasteiger partial charge in [0.1, 0.15) is 12.4 Å². The van der Waals surface area contributed by atoms with Gasteiger partial charge in [0.2, 0.25) is 0 Å². The molecule has 0 saturated carbocycles. The van der Waals surface area contributed by atoms with Crippen molar-refractivity contribution < 1.29 is 4.74 Å². The Morgan fingerprint density at radius 3 is 2.48 bits per heavy atom. The van der Waals surface area contributed by atoms with Crippen molar-refractivity contribution >= 4 is 29.9 Å². The zero-order chi connectivity index (χ0) is 21.6. The molecule has 2 N–H and O–H groups in total. The molecular weight excluding hydrogens is 505 g/mol. The van der Waals surface area contributed by atoms with Crippen LogP contribution in [0.3, 0.4) is 0 Å². The van der Waals surface area contributed by atoms with Crippen LogP contribution in [-0.4, -0.2) is 64.0 Å². The maximum atomic E-state index is 5.51. The van der Waals surface area contributed by atoms with E-state index in [0.717, 1.165) is 50.5 Å². The minimum absolute atomic E-state index is 0. The second-order valence-electron chi connectivity index (χ2n) is 8.43. The molecule has 0 amide bonds. The van der Waals surface area contributed by atoms with Gasteiger partial charge in [-0.2, -0.15) is 0 Å². The highest BCUT2D eigenvalue weighted by molar-refractivity contribution is 14.0. The van der Waals surface area contributed by atoms with Crippen LogP contribution < -0.4 is 10.6 Å². The zero-order valence-corrected chi connectivity index (χ0v) is 21.6. The Kier molecular flexibility index (Phi) is 9.70. The number of nitrogens with one attached hydrogen (secondary N) is 2. The number of hydrogen-bond acceptors (Lipinski definition) is 5. The fourth-order valence-corrected chi connectivity index (χ4v) is 3.50. The fourth-order valence-electron chi connectivity index (χ4n) is 3.50. The molecule has 1 aliphatic heterocycles. The molecule has 0 radical (unpaired) electrons. The van der Waals surface area contributed by atoms with Gasteiger partial charge in [0.15, 0.2) is 11.8 Å². The Morgan fingerprint density at radius 1 is 1.19 bits per heavy atom. The third kappa shape index (κ3) is 7.15. The molecule has 172 valence electrons. The molecule has 8 nitrogen and oxygen atoms in total. The third-order valence-corrected chi connectivity index (χ3v) is 5.77. The monoisotopic (exact) mass is 541 g/mol. The molecule has 31 heavy (non-hydrogen) atoms. The molecule has 1 aliphatic rings. The van der Waals surface area contributed by atoms with E-state index in [2.05, 4.69) is 70.8 Å². The van der Waals surface area contributed by atoms with Gasteiger partial charge in [0, 0.05) is 32.2 Å². The summed E-state index contributed by atoms with van der Waals surface area (Å²) in [6.45, 7) is 13.3. The molecule has 0 bridgehead atoms. The van der Waals surface area contributed by atoms with Gasteiger partial charge >= 0.3 is 0 Å². The second-order valence-corrected chi connectivity index (χ2v) is 8.43. The summed E-state index contributed by atoms with van der Waals surface area (Å²) in [7, 11) is 1.97. The van der Waals surface area contributed by atoms with E-state index in [1.165, 1.54) is 5.56 Å². The van der Waals surface area contributed by atoms with Crippen LogP contribution in [0.5, 0.6) is 0 Å². The smallest absolute Gasteiger partial charge is 0.192 e. The minimum atomic E-state index is -0.0103. The van der Waals surface area contributed by atoms with Crippen LogP contribution in [0.2, 0.25) is 0 Å². The van der Waals surface area contributed by atoms with Crippen molar-refractivity contribution in [3.63, 3.8) is 0 Å². The number of benzene rings is 1. The summed E-state index contributed by atoms with van der Waals surface area (Å²) in [6.07, 6.45) is 0. The summed E-state index contributed by atoms with van der Waals surface area (Å²) in [5.41, 5.74) is 1.21. The van der Waals surface area contributed by atoms with E-state index in [4.69, 9.17) is 9.73 Å². The molecule has 2 heterocycles. The van der Waals surface area contributed by atoms with Crippen molar-refractivity contribution in [2.24, 2.45) is 12.0 Å². The van der Waals surface area contributed by atoms with Gasteiger partial charge in [0.25, 0.3) is 0 Å². The maximum Gasteiger partial charge on any atom is 0.192 e. The van der Waals surface area contributed by atoms with Crippen LogP contribution in [0.4, 0.5) is 0 Å². The van der Waals surface area contributed by atoms with Crippen LogP contribution in [-0.2, 0) is 18.3 Å². The van der Waals surface area contributed by atoms with Crippen LogP contribution >= 0.6 is 24.0 Å². The first-order valence-electron chi connectivity index (χ1n) is 10.6. The molecule has 1 atom stereocenters. The fraction of sp³-hybridized carbons (Fsp3) is 0.591. The first kappa shape index (κ1) is 25.5. The van der Waals surface area contributed by atoms with Gasteiger partial charge in [-0.25, -0.2) is 4.99 Å². The summed E-state index contributed by atoms with van der Waals surface area (Å²) >= 11 is 0. The van der Waals surface area contributed by atoms with E-state index < -0.39 is 0 Å². The van der Waals surface area contributed by atoms with Crippen LogP contribution in [0, 0.1) is 6.92 Å². The van der Waals surface area contributed by atoms with Crippen LogP contribution in [0.15, 0.2) is 35.3 Å². The molecule has 3 rings (SSSR count). The maximum absolute atomic E-state index is 5.51. The predicted molar refractivity (Wildman–Crippen MR) is 135 cm³/mol. The Hall–Kier alpha value is -1.72. The molecule has 0 aliphatic carbocycles. The summed E-state index contributed by atoms with van der Waals surface area (Å²) in [4.78, 5) is 7.28. The van der Waals surface area contributed by atoms with Gasteiger partial charge in [0.05, 0.1) is 19.3 Å². The molecular formula is C22H36IN7O. The molecule has 1 unspecified atom stereocenters. The number of rotatable bonds is 7. The number of ether oxygens (including phenoxy) is 1. The van der Waals surface area contributed by atoms with E-state index >= 15 is 0 Å². The van der Waals surface area contributed by atoms with Gasteiger partial charge in [-0.1, -0.05) is 30.3 Å². The van der Waals surface area contributed by atoms with Crippen molar-refractivity contribution in [3.05, 3.63) is 47.5 Å². The second kappa shape index (κ2) is 11.8. The van der Waals surface area contributed by atoms with E-state index in [1.807, 2.05) is 24.6 Å². The molecule has 9 heteroatoms. The van der Waals surface area contributed by atoms with Gasteiger partial charge in [-0.3, -0.25) is 4.90 Å². The lowest BCUT2D eigenvalue weighted by molar-refractivity contribution is -0.00835. The quantitative estimate of drug-likeness (QED) is 0.319. The number of guanidine groups is 1. The Balaban J connectivity index is 0.00000341. The van der Waals surface area contributed by atoms with E-state index in [-0.39, 0.29) is 35.6 Å². The van der Waals surface area contributed by atoms with Crippen molar-refractivity contribution in [1.82, 2.24) is 30.3 Å². The average molecular weight is 541 g/mol. The minimum Gasteiger partial charge on any atom is -0.379 e. The number of aliphatic imine (C=N–C) groups is 1. The molecule has 2 aromatic rings. The summed E-state index contributed by atoms with van der Waals surface area (Å²) in [6, 6.07) is 10.5. The highest BCUT2D eigenvalue weighted by Gasteiger charge is 2.28. The van der Waals surface area contributed by atoms with Gasteiger partial charge in [-0.15, -0.1) is 34.2 Å².